The number of aromatic nitrogens is 5. The normalized spacial score (nSPS) is 19.1. The van der Waals surface area contributed by atoms with E-state index in [1.54, 1.807) is 17.2 Å². The number of halogens is 2. The van der Waals surface area contributed by atoms with Crippen molar-refractivity contribution in [2.75, 3.05) is 12.3 Å². The largest absolute Gasteiger partial charge is 0.368 e. The van der Waals surface area contributed by atoms with Crippen LogP contribution in [0.2, 0.25) is 0 Å². The smallest absolute Gasteiger partial charge is 0.272 e. The van der Waals surface area contributed by atoms with E-state index in [2.05, 4.69) is 20.1 Å². The van der Waals surface area contributed by atoms with Crippen molar-refractivity contribution >= 4 is 28.4 Å². The van der Waals surface area contributed by atoms with Gasteiger partial charge in [0.2, 0.25) is 5.95 Å². The van der Waals surface area contributed by atoms with Gasteiger partial charge in [0.1, 0.15) is 17.0 Å². The van der Waals surface area contributed by atoms with Crippen molar-refractivity contribution in [2.45, 2.75) is 38.6 Å². The maximum Gasteiger partial charge on any atom is 0.272 e. The molecule has 0 spiro atoms. The monoisotopic (exact) mass is 437 g/mol. The number of hydrogen-bond donors (Lipinski definition) is 1. The minimum absolute atomic E-state index is 0.0360. The Morgan fingerprint density at radius 3 is 2.78 bits per heavy atom. The highest BCUT2D eigenvalue weighted by molar-refractivity contribution is 5.93. The molecule has 0 unspecified atom stereocenters. The fraction of sp³-hybridized carbons (Fsp3) is 0.318. The molecule has 1 aromatic carbocycles. The molecule has 1 aliphatic heterocycles. The van der Waals surface area contributed by atoms with E-state index in [4.69, 9.17) is 5.73 Å². The first kappa shape index (κ1) is 20.2. The number of aryl methyl sites for hydroxylation is 1. The van der Waals surface area contributed by atoms with E-state index in [9.17, 15) is 13.6 Å². The third-order valence-corrected chi connectivity index (χ3v) is 5.98. The topological polar surface area (TPSA) is 102 Å². The highest BCUT2D eigenvalue weighted by Crippen LogP contribution is 2.31. The Labute approximate surface area is 182 Å². The third-order valence-electron chi connectivity index (χ3n) is 5.98. The number of anilines is 1. The lowest BCUT2D eigenvalue weighted by Crippen LogP contribution is -2.45. The van der Waals surface area contributed by atoms with Gasteiger partial charge in [0.25, 0.3) is 5.91 Å². The van der Waals surface area contributed by atoms with Crippen molar-refractivity contribution < 1.29 is 13.6 Å². The Morgan fingerprint density at radius 1 is 1.19 bits per heavy atom. The summed E-state index contributed by atoms with van der Waals surface area (Å²) >= 11 is 0. The molecule has 5 rings (SSSR count). The minimum Gasteiger partial charge on any atom is -0.368 e. The average molecular weight is 437 g/mol. The summed E-state index contributed by atoms with van der Waals surface area (Å²) in [5.41, 5.74) is 7.50. The first-order chi connectivity index (χ1) is 15.3. The molecule has 1 fully saturated rings. The van der Waals surface area contributed by atoms with Crippen LogP contribution in [0.3, 0.4) is 0 Å². The third kappa shape index (κ3) is 3.31. The molecular weight excluding hydrogens is 416 g/mol. The van der Waals surface area contributed by atoms with Gasteiger partial charge < -0.3 is 10.6 Å². The summed E-state index contributed by atoms with van der Waals surface area (Å²) in [4.78, 5) is 27.7. The fourth-order valence-electron chi connectivity index (χ4n) is 4.25. The molecule has 0 radical (unpaired) electrons. The lowest BCUT2D eigenvalue weighted by atomic mass is 9.92. The molecule has 4 aromatic rings. The molecule has 1 saturated heterocycles. The van der Waals surface area contributed by atoms with Crippen molar-refractivity contribution in [1.29, 1.82) is 0 Å². The molecular formula is C22H21F2N7O. The number of rotatable bonds is 2. The minimum atomic E-state index is -0.812. The molecule has 1 amide bonds. The molecule has 1 aliphatic rings. The Morgan fingerprint density at radius 2 is 2.00 bits per heavy atom. The van der Waals surface area contributed by atoms with Crippen molar-refractivity contribution in [1.82, 2.24) is 29.5 Å². The molecule has 0 aliphatic carbocycles. The molecule has 2 atom stereocenters. The number of carbonyl (C=O) groups excluding carboxylic acids is 1. The molecule has 32 heavy (non-hydrogen) atoms. The van der Waals surface area contributed by atoms with Gasteiger partial charge in [-0.05, 0) is 50.5 Å². The van der Waals surface area contributed by atoms with Gasteiger partial charge in [-0.15, -0.1) is 5.10 Å². The quantitative estimate of drug-likeness (QED) is 0.517. The summed E-state index contributed by atoms with van der Waals surface area (Å²) in [6.07, 6.45) is 3.14. The zero-order chi connectivity index (χ0) is 22.6. The van der Waals surface area contributed by atoms with Crippen LogP contribution in [0.4, 0.5) is 14.7 Å². The number of hydrogen-bond acceptors (Lipinski definition) is 6. The zero-order valence-electron chi connectivity index (χ0n) is 17.6. The van der Waals surface area contributed by atoms with Crippen molar-refractivity contribution in [3.63, 3.8) is 0 Å². The summed E-state index contributed by atoms with van der Waals surface area (Å²) in [6, 6.07) is 5.57. The van der Waals surface area contributed by atoms with E-state index in [1.807, 2.05) is 19.9 Å². The second-order valence-electron chi connectivity index (χ2n) is 8.26. The zero-order valence-corrected chi connectivity index (χ0v) is 17.6. The fourth-order valence-corrected chi connectivity index (χ4v) is 4.25. The van der Waals surface area contributed by atoms with Crippen LogP contribution in [-0.4, -0.2) is 48.0 Å². The number of nitrogens with zero attached hydrogens (tertiary/aromatic N) is 6. The van der Waals surface area contributed by atoms with Crippen LogP contribution >= 0.6 is 0 Å². The van der Waals surface area contributed by atoms with E-state index in [-0.39, 0.29) is 40.4 Å². The van der Waals surface area contributed by atoms with Crippen LogP contribution in [-0.2, 0) is 0 Å². The van der Waals surface area contributed by atoms with E-state index < -0.39 is 11.6 Å². The maximum absolute atomic E-state index is 14.2. The molecule has 164 valence electrons. The van der Waals surface area contributed by atoms with E-state index >= 15 is 0 Å². The molecule has 4 heterocycles. The molecule has 10 heteroatoms. The number of benzene rings is 1. The van der Waals surface area contributed by atoms with E-state index in [0.29, 0.717) is 18.1 Å². The van der Waals surface area contributed by atoms with Gasteiger partial charge >= 0.3 is 0 Å². The van der Waals surface area contributed by atoms with Crippen LogP contribution in [0.5, 0.6) is 0 Å². The average Bonchev–Trinajstić information content (AvgIpc) is 3.21. The van der Waals surface area contributed by atoms with Gasteiger partial charge in [-0.1, -0.05) is 0 Å². The van der Waals surface area contributed by atoms with Crippen LogP contribution < -0.4 is 5.73 Å². The van der Waals surface area contributed by atoms with E-state index in [0.717, 1.165) is 24.5 Å². The van der Waals surface area contributed by atoms with Crippen LogP contribution in [0.1, 0.15) is 47.6 Å². The van der Waals surface area contributed by atoms with Crippen LogP contribution in [0.25, 0.3) is 16.6 Å². The molecule has 0 saturated carbocycles. The maximum atomic E-state index is 14.2. The number of likely N-dealkylation sites (tertiary alicyclic amines) is 1. The number of piperidine rings is 1. The first-order valence-electron chi connectivity index (χ1n) is 10.4. The van der Waals surface area contributed by atoms with Crippen molar-refractivity contribution in [3.8, 4) is 0 Å². The second-order valence-corrected chi connectivity index (χ2v) is 8.26. The molecule has 8 nitrogen and oxygen atoms in total. The first-order valence-corrected chi connectivity index (χ1v) is 10.4. The SMILES string of the molecule is Cc1ccnc(C(=O)N2C[C@H](c3nc4c5cc(F)cc(F)c5nc(N)n4n3)CC[C@@H]2C)c1. The number of fused-ring (bicyclic) bond motifs is 3. The summed E-state index contributed by atoms with van der Waals surface area (Å²) in [7, 11) is 0. The lowest BCUT2D eigenvalue weighted by molar-refractivity contribution is 0.0600. The second kappa shape index (κ2) is 7.47. The molecule has 0 bridgehead atoms. The number of nitrogens with two attached hydrogens (primary N) is 1. The predicted molar refractivity (Wildman–Crippen MR) is 114 cm³/mol. The van der Waals surface area contributed by atoms with Crippen molar-refractivity contribution in [3.05, 3.63) is 59.2 Å². The number of amides is 1. The van der Waals surface area contributed by atoms with Gasteiger partial charge in [0.15, 0.2) is 17.3 Å². The Bertz CT molecular complexity index is 1370. The summed E-state index contributed by atoms with van der Waals surface area (Å²) in [5.74, 6) is -1.44. The summed E-state index contributed by atoms with van der Waals surface area (Å²) in [6.45, 7) is 4.32. The van der Waals surface area contributed by atoms with Crippen molar-refractivity contribution in [2.24, 2.45) is 0 Å². The standard InChI is InChI=1S/C22H21F2N7O/c1-11-5-6-26-17(7-11)21(32)30-10-13(4-3-12(30)2)19-28-20-15-8-14(23)9-16(24)18(15)27-22(25)31(20)29-19/h5-9,12-13H,3-4,10H2,1-2H3,(H2,25,27)/t12-,13+/m0/s1. The molecule has 3 aromatic heterocycles. The van der Waals surface area contributed by atoms with Gasteiger partial charge in [-0.25, -0.2) is 18.7 Å². The van der Waals surface area contributed by atoms with Gasteiger partial charge in [0.05, 0.1) is 5.39 Å². The van der Waals surface area contributed by atoms with Gasteiger partial charge in [-0.2, -0.15) is 4.52 Å². The van der Waals surface area contributed by atoms with Gasteiger partial charge in [0, 0.05) is 30.8 Å². The summed E-state index contributed by atoms with van der Waals surface area (Å²) in [5, 5.41) is 4.66. The highest BCUT2D eigenvalue weighted by atomic mass is 19.1. The number of pyridine rings is 1. The summed E-state index contributed by atoms with van der Waals surface area (Å²) < 4.78 is 29.4. The van der Waals surface area contributed by atoms with Gasteiger partial charge in [-0.3, -0.25) is 9.78 Å². The van der Waals surface area contributed by atoms with Crippen LogP contribution in [0.15, 0.2) is 30.5 Å². The number of carbonyl (C=O) groups is 1. The molecule has 2 N–H and O–H groups in total. The Hall–Kier alpha value is -3.69. The Kier molecular flexibility index (Phi) is 4.72. The highest BCUT2D eigenvalue weighted by Gasteiger charge is 2.33. The number of nitrogen functional groups attached to an aromatic ring is 1. The predicted octanol–water partition coefficient (Wildman–Crippen LogP) is 3.25. The van der Waals surface area contributed by atoms with Crippen LogP contribution in [0, 0.1) is 18.6 Å². The lowest BCUT2D eigenvalue weighted by Gasteiger charge is -2.36. The van der Waals surface area contributed by atoms with E-state index in [1.165, 1.54) is 10.6 Å². The Balaban J connectivity index is 1.53.